The van der Waals surface area contributed by atoms with E-state index in [1.54, 1.807) is 0 Å². The van der Waals surface area contributed by atoms with Crippen LogP contribution in [0.2, 0.25) is 0 Å². The molecule has 1 atom stereocenters. The minimum Gasteiger partial charge on any atom is -0.381 e. The van der Waals surface area contributed by atoms with Gasteiger partial charge in [-0.05, 0) is 45.4 Å². The van der Waals surface area contributed by atoms with Gasteiger partial charge in [-0.3, -0.25) is 4.90 Å². The van der Waals surface area contributed by atoms with Crippen molar-refractivity contribution >= 4 is 5.96 Å². The molecule has 1 heterocycles. The van der Waals surface area contributed by atoms with Crippen LogP contribution in [-0.4, -0.2) is 62.2 Å². The van der Waals surface area contributed by atoms with Crippen LogP contribution in [0.15, 0.2) is 29.3 Å². The Balaban J connectivity index is 2.06. The average molecular weight is 361 g/mol. The third-order valence-electron chi connectivity index (χ3n) is 5.07. The number of ether oxygens (including phenoxy) is 1. The molecule has 0 saturated carbocycles. The summed E-state index contributed by atoms with van der Waals surface area (Å²) < 4.78 is 5.51. The summed E-state index contributed by atoms with van der Waals surface area (Å²) in [5, 5.41) is 3.43. The fraction of sp³-hybridized carbons (Fsp3) is 0.667. The van der Waals surface area contributed by atoms with Crippen LogP contribution in [0.1, 0.15) is 38.3 Å². The quantitative estimate of drug-likeness (QED) is 0.572. The van der Waals surface area contributed by atoms with Crippen LogP contribution < -0.4 is 5.32 Å². The Morgan fingerprint density at radius 1 is 1.27 bits per heavy atom. The molecule has 1 saturated heterocycles. The number of hydrogen-bond acceptors (Lipinski definition) is 3. The standard InChI is InChI=1S/C21H36N4O/c1-6-22-21(25(5)14-18-11-12-26-16-18)23-13-19-9-7-8-10-20(19)15-24(4)17(2)3/h7-10,17-18H,6,11-16H2,1-5H3,(H,22,23). The number of nitrogens with one attached hydrogen (secondary N) is 1. The van der Waals surface area contributed by atoms with Crippen molar-refractivity contribution in [3.05, 3.63) is 35.4 Å². The van der Waals surface area contributed by atoms with Crippen molar-refractivity contribution in [1.29, 1.82) is 0 Å². The average Bonchev–Trinajstić information content (AvgIpc) is 3.12. The third kappa shape index (κ3) is 6.29. The molecule has 1 aliphatic heterocycles. The minimum atomic E-state index is 0.531. The summed E-state index contributed by atoms with van der Waals surface area (Å²) in [5.74, 6) is 1.59. The molecule has 26 heavy (non-hydrogen) atoms. The molecule has 1 aliphatic rings. The van der Waals surface area contributed by atoms with Gasteiger partial charge >= 0.3 is 0 Å². The van der Waals surface area contributed by atoms with Gasteiger partial charge in [0.1, 0.15) is 0 Å². The second-order valence-corrected chi connectivity index (χ2v) is 7.56. The van der Waals surface area contributed by atoms with E-state index in [9.17, 15) is 0 Å². The molecule has 5 nitrogen and oxygen atoms in total. The molecule has 0 aromatic heterocycles. The van der Waals surface area contributed by atoms with Gasteiger partial charge in [-0.1, -0.05) is 24.3 Å². The summed E-state index contributed by atoms with van der Waals surface area (Å²) in [4.78, 5) is 9.51. The molecular formula is C21H36N4O. The zero-order chi connectivity index (χ0) is 18.9. The van der Waals surface area contributed by atoms with Crippen LogP contribution >= 0.6 is 0 Å². The summed E-state index contributed by atoms with van der Waals surface area (Å²) in [7, 11) is 4.30. The van der Waals surface area contributed by atoms with Gasteiger partial charge in [0.05, 0.1) is 13.2 Å². The monoisotopic (exact) mass is 360 g/mol. The van der Waals surface area contributed by atoms with E-state index in [4.69, 9.17) is 9.73 Å². The second kappa shape index (κ2) is 10.5. The van der Waals surface area contributed by atoms with Gasteiger partial charge in [-0.15, -0.1) is 0 Å². The van der Waals surface area contributed by atoms with Crippen molar-refractivity contribution in [2.45, 2.75) is 46.3 Å². The Labute approximate surface area is 159 Å². The molecule has 0 bridgehead atoms. The first kappa shape index (κ1) is 20.7. The lowest BCUT2D eigenvalue weighted by molar-refractivity contribution is 0.181. The van der Waals surface area contributed by atoms with E-state index in [0.717, 1.165) is 45.2 Å². The van der Waals surface area contributed by atoms with Crippen LogP contribution in [0.5, 0.6) is 0 Å². The zero-order valence-corrected chi connectivity index (χ0v) is 17.2. The van der Waals surface area contributed by atoms with Crippen LogP contribution in [0, 0.1) is 5.92 Å². The fourth-order valence-corrected chi connectivity index (χ4v) is 3.15. The first-order valence-electron chi connectivity index (χ1n) is 9.85. The molecule has 1 N–H and O–H groups in total. The Kier molecular flexibility index (Phi) is 8.39. The highest BCUT2D eigenvalue weighted by atomic mass is 16.5. The SMILES string of the molecule is CCNC(=NCc1ccccc1CN(C)C(C)C)N(C)CC1CCOC1. The van der Waals surface area contributed by atoms with Gasteiger partial charge in [0.15, 0.2) is 5.96 Å². The summed E-state index contributed by atoms with van der Waals surface area (Å²) in [6.45, 7) is 11.9. The van der Waals surface area contributed by atoms with Crippen molar-refractivity contribution in [1.82, 2.24) is 15.1 Å². The topological polar surface area (TPSA) is 40.1 Å². The maximum absolute atomic E-state index is 5.51. The number of nitrogens with zero attached hydrogens (tertiary/aromatic N) is 3. The maximum Gasteiger partial charge on any atom is 0.193 e. The highest BCUT2D eigenvalue weighted by Gasteiger charge is 2.19. The Morgan fingerprint density at radius 3 is 2.62 bits per heavy atom. The van der Waals surface area contributed by atoms with Crippen molar-refractivity contribution in [2.75, 3.05) is 40.4 Å². The normalized spacial score (nSPS) is 18.0. The van der Waals surface area contributed by atoms with Crippen molar-refractivity contribution in [3.63, 3.8) is 0 Å². The highest BCUT2D eigenvalue weighted by molar-refractivity contribution is 5.79. The van der Waals surface area contributed by atoms with E-state index in [1.165, 1.54) is 11.1 Å². The van der Waals surface area contributed by atoms with Crippen molar-refractivity contribution in [2.24, 2.45) is 10.9 Å². The van der Waals surface area contributed by atoms with Crippen molar-refractivity contribution < 1.29 is 4.74 Å². The van der Waals surface area contributed by atoms with E-state index >= 15 is 0 Å². The molecule has 5 heteroatoms. The van der Waals surface area contributed by atoms with Gasteiger partial charge in [0.25, 0.3) is 0 Å². The number of hydrogen-bond donors (Lipinski definition) is 1. The van der Waals surface area contributed by atoms with Gasteiger partial charge in [0.2, 0.25) is 0 Å². The summed E-state index contributed by atoms with van der Waals surface area (Å²) in [6, 6.07) is 9.17. The second-order valence-electron chi connectivity index (χ2n) is 7.56. The van der Waals surface area contributed by atoms with Gasteiger partial charge in [-0.25, -0.2) is 4.99 Å². The van der Waals surface area contributed by atoms with Gasteiger partial charge < -0.3 is 15.0 Å². The highest BCUT2D eigenvalue weighted by Crippen LogP contribution is 2.15. The smallest absolute Gasteiger partial charge is 0.193 e. The summed E-state index contributed by atoms with van der Waals surface area (Å²) in [5.41, 5.74) is 2.66. The Hall–Kier alpha value is -1.59. The molecule has 1 aromatic rings. The molecule has 0 aliphatic carbocycles. The maximum atomic E-state index is 5.51. The van der Waals surface area contributed by atoms with Crippen LogP contribution in [0.25, 0.3) is 0 Å². The molecule has 1 aromatic carbocycles. The van der Waals surface area contributed by atoms with Crippen LogP contribution in [0.3, 0.4) is 0 Å². The van der Waals surface area contributed by atoms with E-state index in [2.05, 4.69) is 74.2 Å². The van der Waals surface area contributed by atoms with Crippen LogP contribution in [0.4, 0.5) is 0 Å². The molecule has 2 rings (SSSR count). The minimum absolute atomic E-state index is 0.531. The number of aliphatic imine (C=N–C) groups is 1. The van der Waals surface area contributed by atoms with Gasteiger partial charge in [-0.2, -0.15) is 0 Å². The predicted octanol–water partition coefficient (Wildman–Crippen LogP) is 2.96. The number of rotatable bonds is 8. The number of benzene rings is 1. The molecule has 1 fully saturated rings. The lowest BCUT2D eigenvalue weighted by Crippen LogP contribution is -2.41. The molecule has 0 spiro atoms. The Bertz CT molecular complexity index is 567. The van der Waals surface area contributed by atoms with E-state index in [-0.39, 0.29) is 0 Å². The largest absolute Gasteiger partial charge is 0.381 e. The first-order chi connectivity index (χ1) is 12.5. The third-order valence-corrected chi connectivity index (χ3v) is 5.07. The Morgan fingerprint density at radius 2 is 2.00 bits per heavy atom. The lowest BCUT2D eigenvalue weighted by atomic mass is 10.1. The fourth-order valence-electron chi connectivity index (χ4n) is 3.15. The van der Waals surface area contributed by atoms with Gasteiger partial charge in [0, 0.05) is 45.2 Å². The summed E-state index contributed by atoms with van der Waals surface area (Å²) >= 11 is 0. The summed E-state index contributed by atoms with van der Waals surface area (Å²) in [6.07, 6.45) is 1.15. The molecular weight excluding hydrogens is 324 g/mol. The van der Waals surface area contributed by atoms with Crippen LogP contribution in [-0.2, 0) is 17.8 Å². The van der Waals surface area contributed by atoms with E-state index in [1.807, 2.05) is 0 Å². The van der Waals surface area contributed by atoms with E-state index < -0.39 is 0 Å². The number of guanidine groups is 1. The lowest BCUT2D eigenvalue weighted by Gasteiger charge is -2.25. The van der Waals surface area contributed by atoms with Crippen molar-refractivity contribution in [3.8, 4) is 0 Å². The molecule has 0 radical (unpaired) electrons. The zero-order valence-electron chi connectivity index (χ0n) is 17.2. The molecule has 0 amide bonds. The van der Waals surface area contributed by atoms with E-state index in [0.29, 0.717) is 18.5 Å². The first-order valence-corrected chi connectivity index (χ1v) is 9.85. The molecule has 1 unspecified atom stereocenters. The predicted molar refractivity (Wildman–Crippen MR) is 109 cm³/mol. The molecule has 146 valence electrons.